The summed E-state index contributed by atoms with van der Waals surface area (Å²) in [6, 6.07) is 0. The lowest BCUT2D eigenvalue weighted by Gasteiger charge is -2.32. The van der Waals surface area contributed by atoms with Crippen LogP contribution in [0.3, 0.4) is 0 Å². The standard InChI is InChI=1S/C15H25N5O/c1-4-5-6-19(3)14-12-16-13(11-17-14)15(21)20-9-7-18(2)8-10-20/h11-12H,4-10H2,1-3H3. The van der Waals surface area contributed by atoms with Crippen LogP contribution < -0.4 is 4.90 Å². The molecule has 6 nitrogen and oxygen atoms in total. The summed E-state index contributed by atoms with van der Waals surface area (Å²) >= 11 is 0. The van der Waals surface area contributed by atoms with Crippen LogP contribution in [-0.2, 0) is 0 Å². The first-order valence-corrected chi connectivity index (χ1v) is 7.62. The van der Waals surface area contributed by atoms with E-state index in [2.05, 4.69) is 33.7 Å². The summed E-state index contributed by atoms with van der Waals surface area (Å²) in [5.74, 6) is 0.803. The second kappa shape index (κ2) is 7.36. The average Bonchev–Trinajstić information content (AvgIpc) is 2.53. The van der Waals surface area contributed by atoms with Gasteiger partial charge in [0.15, 0.2) is 0 Å². The first-order chi connectivity index (χ1) is 10.1. The van der Waals surface area contributed by atoms with Crippen molar-refractivity contribution in [1.82, 2.24) is 19.8 Å². The van der Waals surface area contributed by atoms with E-state index in [1.807, 2.05) is 11.9 Å². The molecule has 0 atom stereocenters. The predicted octanol–water partition coefficient (Wildman–Crippen LogP) is 1.10. The van der Waals surface area contributed by atoms with Crippen molar-refractivity contribution in [2.24, 2.45) is 0 Å². The summed E-state index contributed by atoms with van der Waals surface area (Å²) in [6.07, 6.45) is 5.56. The highest BCUT2D eigenvalue weighted by atomic mass is 16.2. The molecular formula is C15H25N5O. The van der Waals surface area contributed by atoms with Crippen LogP contribution in [0.5, 0.6) is 0 Å². The summed E-state index contributed by atoms with van der Waals surface area (Å²) in [7, 11) is 4.07. The first-order valence-electron chi connectivity index (χ1n) is 7.62. The molecule has 1 amide bonds. The minimum Gasteiger partial charge on any atom is -0.358 e. The van der Waals surface area contributed by atoms with Crippen molar-refractivity contribution in [3.05, 3.63) is 18.1 Å². The summed E-state index contributed by atoms with van der Waals surface area (Å²) in [5.41, 5.74) is 0.437. The Morgan fingerprint density at radius 1 is 1.24 bits per heavy atom. The zero-order valence-corrected chi connectivity index (χ0v) is 13.2. The molecule has 21 heavy (non-hydrogen) atoms. The molecule has 0 bridgehead atoms. The van der Waals surface area contributed by atoms with Crippen molar-refractivity contribution in [2.75, 3.05) is 51.7 Å². The van der Waals surface area contributed by atoms with Crippen molar-refractivity contribution in [2.45, 2.75) is 19.8 Å². The van der Waals surface area contributed by atoms with E-state index >= 15 is 0 Å². The average molecular weight is 291 g/mol. The number of hydrogen-bond donors (Lipinski definition) is 0. The number of anilines is 1. The highest BCUT2D eigenvalue weighted by Gasteiger charge is 2.21. The molecule has 1 aromatic heterocycles. The van der Waals surface area contributed by atoms with Crippen LogP contribution in [-0.4, -0.2) is 72.5 Å². The lowest BCUT2D eigenvalue weighted by Crippen LogP contribution is -2.47. The molecule has 0 unspecified atom stereocenters. The first kappa shape index (κ1) is 15.7. The van der Waals surface area contributed by atoms with Crippen LogP contribution in [0.15, 0.2) is 12.4 Å². The molecule has 0 spiro atoms. The Morgan fingerprint density at radius 3 is 2.52 bits per heavy atom. The molecule has 2 heterocycles. The number of amides is 1. The molecule has 1 aliphatic rings. The monoisotopic (exact) mass is 291 g/mol. The van der Waals surface area contributed by atoms with Crippen LogP contribution in [0.4, 0.5) is 5.82 Å². The van der Waals surface area contributed by atoms with E-state index in [-0.39, 0.29) is 5.91 Å². The van der Waals surface area contributed by atoms with Gasteiger partial charge in [-0.3, -0.25) is 4.79 Å². The van der Waals surface area contributed by atoms with Gasteiger partial charge in [-0.25, -0.2) is 9.97 Å². The third-order valence-electron chi connectivity index (χ3n) is 3.89. The van der Waals surface area contributed by atoms with Crippen molar-refractivity contribution in [1.29, 1.82) is 0 Å². The van der Waals surface area contributed by atoms with Crippen molar-refractivity contribution < 1.29 is 4.79 Å². The van der Waals surface area contributed by atoms with Gasteiger partial charge in [0, 0.05) is 39.8 Å². The van der Waals surface area contributed by atoms with E-state index in [1.54, 1.807) is 12.4 Å². The molecule has 0 aromatic carbocycles. The van der Waals surface area contributed by atoms with Crippen LogP contribution in [0.1, 0.15) is 30.3 Å². The SMILES string of the molecule is CCCCN(C)c1cnc(C(=O)N2CCN(C)CC2)cn1. The zero-order valence-electron chi connectivity index (χ0n) is 13.2. The number of likely N-dealkylation sites (N-methyl/N-ethyl adjacent to an activating group) is 1. The largest absolute Gasteiger partial charge is 0.358 e. The molecule has 116 valence electrons. The molecular weight excluding hydrogens is 266 g/mol. The number of piperazine rings is 1. The fraction of sp³-hybridized carbons (Fsp3) is 0.667. The van der Waals surface area contributed by atoms with E-state index in [0.29, 0.717) is 5.69 Å². The van der Waals surface area contributed by atoms with Crippen LogP contribution in [0, 0.1) is 0 Å². The van der Waals surface area contributed by atoms with Gasteiger partial charge in [-0.15, -0.1) is 0 Å². The summed E-state index contributed by atoms with van der Waals surface area (Å²) in [6.45, 7) is 6.46. The van der Waals surface area contributed by atoms with Gasteiger partial charge in [0.2, 0.25) is 0 Å². The zero-order chi connectivity index (χ0) is 15.2. The van der Waals surface area contributed by atoms with Crippen LogP contribution in [0.25, 0.3) is 0 Å². The Hall–Kier alpha value is -1.69. The number of carbonyl (C=O) groups excluding carboxylic acids is 1. The fourth-order valence-electron chi connectivity index (χ4n) is 2.31. The number of rotatable bonds is 5. The van der Waals surface area contributed by atoms with Crippen LogP contribution >= 0.6 is 0 Å². The smallest absolute Gasteiger partial charge is 0.274 e. The van der Waals surface area contributed by atoms with Gasteiger partial charge in [-0.1, -0.05) is 13.3 Å². The molecule has 6 heteroatoms. The van der Waals surface area contributed by atoms with Gasteiger partial charge in [-0.2, -0.15) is 0 Å². The number of carbonyl (C=O) groups is 1. The maximum absolute atomic E-state index is 12.4. The van der Waals surface area contributed by atoms with E-state index in [0.717, 1.165) is 51.4 Å². The van der Waals surface area contributed by atoms with Gasteiger partial charge < -0.3 is 14.7 Å². The minimum atomic E-state index is -0.0154. The number of nitrogens with zero attached hydrogens (tertiary/aromatic N) is 5. The second-order valence-corrected chi connectivity index (χ2v) is 5.63. The normalized spacial score (nSPS) is 16.0. The molecule has 1 saturated heterocycles. The molecule has 0 radical (unpaired) electrons. The Morgan fingerprint density at radius 2 is 1.95 bits per heavy atom. The van der Waals surface area contributed by atoms with Gasteiger partial charge in [0.1, 0.15) is 11.5 Å². The fourth-order valence-corrected chi connectivity index (χ4v) is 2.31. The summed E-state index contributed by atoms with van der Waals surface area (Å²) in [4.78, 5) is 27.2. The molecule has 1 fully saturated rings. The molecule has 0 saturated carbocycles. The highest BCUT2D eigenvalue weighted by Crippen LogP contribution is 2.10. The molecule has 1 aliphatic heterocycles. The van der Waals surface area contributed by atoms with E-state index in [9.17, 15) is 4.79 Å². The Kier molecular flexibility index (Phi) is 5.50. The third-order valence-corrected chi connectivity index (χ3v) is 3.89. The Bertz CT molecular complexity index is 454. The van der Waals surface area contributed by atoms with Crippen molar-refractivity contribution >= 4 is 11.7 Å². The molecule has 0 aliphatic carbocycles. The Balaban J connectivity index is 1.96. The van der Waals surface area contributed by atoms with E-state index in [4.69, 9.17) is 0 Å². The third kappa shape index (κ3) is 4.14. The number of aromatic nitrogens is 2. The minimum absolute atomic E-state index is 0.0154. The quantitative estimate of drug-likeness (QED) is 0.813. The number of unbranched alkanes of at least 4 members (excludes halogenated alkanes) is 1. The maximum atomic E-state index is 12.4. The van der Waals surface area contributed by atoms with E-state index < -0.39 is 0 Å². The van der Waals surface area contributed by atoms with E-state index in [1.165, 1.54) is 0 Å². The van der Waals surface area contributed by atoms with Crippen molar-refractivity contribution in [3.63, 3.8) is 0 Å². The molecule has 1 aromatic rings. The lowest BCUT2D eigenvalue weighted by molar-refractivity contribution is 0.0658. The van der Waals surface area contributed by atoms with Crippen molar-refractivity contribution in [3.8, 4) is 0 Å². The highest BCUT2D eigenvalue weighted by molar-refractivity contribution is 5.92. The van der Waals surface area contributed by atoms with Crippen LogP contribution in [0.2, 0.25) is 0 Å². The lowest BCUT2D eigenvalue weighted by atomic mass is 10.3. The molecule has 0 N–H and O–H groups in total. The topological polar surface area (TPSA) is 52.6 Å². The predicted molar refractivity (Wildman–Crippen MR) is 83.6 cm³/mol. The summed E-state index contributed by atoms with van der Waals surface area (Å²) < 4.78 is 0. The maximum Gasteiger partial charge on any atom is 0.274 e. The second-order valence-electron chi connectivity index (χ2n) is 5.63. The Labute approximate surface area is 126 Å². The molecule has 2 rings (SSSR count). The summed E-state index contributed by atoms with van der Waals surface area (Å²) in [5, 5.41) is 0. The number of hydrogen-bond acceptors (Lipinski definition) is 5. The van der Waals surface area contributed by atoms with Gasteiger partial charge in [0.25, 0.3) is 5.91 Å². The van der Waals surface area contributed by atoms with Gasteiger partial charge in [0.05, 0.1) is 12.4 Å². The van der Waals surface area contributed by atoms with Gasteiger partial charge >= 0.3 is 0 Å². The van der Waals surface area contributed by atoms with Gasteiger partial charge in [-0.05, 0) is 13.5 Å².